The van der Waals surface area contributed by atoms with Gasteiger partial charge in [0.2, 0.25) is 0 Å². The Morgan fingerprint density at radius 2 is 2.22 bits per heavy atom. The van der Waals surface area contributed by atoms with Crippen LogP contribution in [-0.4, -0.2) is 11.7 Å². The molecule has 3 heteroatoms. The van der Waals surface area contributed by atoms with Gasteiger partial charge < -0.3 is 0 Å². The van der Waals surface area contributed by atoms with Crippen LogP contribution < -0.4 is 0 Å². The first-order chi connectivity index (χ1) is 4.16. The van der Waals surface area contributed by atoms with Crippen LogP contribution in [0.3, 0.4) is 0 Å². The Labute approximate surface area is 64.6 Å². The third-order valence-corrected chi connectivity index (χ3v) is 1.18. The average Bonchev–Trinajstić information content (AvgIpc) is 1.63. The Morgan fingerprint density at radius 1 is 1.67 bits per heavy atom. The van der Waals surface area contributed by atoms with Crippen LogP contribution in [-0.2, 0) is 4.79 Å². The van der Waals surface area contributed by atoms with E-state index in [0.717, 1.165) is 0 Å². The summed E-state index contributed by atoms with van der Waals surface area (Å²) in [6, 6.07) is 0. The molecule has 0 aromatic carbocycles. The fourth-order valence-corrected chi connectivity index (χ4v) is 0.931. The predicted molar refractivity (Wildman–Crippen MR) is 40.0 cm³/mol. The first-order valence-electron chi connectivity index (χ1n) is 2.59. The van der Waals surface area contributed by atoms with Gasteiger partial charge in [-0.15, -0.1) is 11.6 Å². The van der Waals surface area contributed by atoms with Crippen LogP contribution >= 0.6 is 23.2 Å². The molecule has 0 aromatic heterocycles. The van der Waals surface area contributed by atoms with Crippen LogP contribution in [0, 0.1) is 0 Å². The molecule has 0 radical (unpaired) electrons. The minimum atomic E-state index is -0.0369. The van der Waals surface area contributed by atoms with Gasteiger partial charge >= 0.3 is 0 Å². The number of alkyl halides is 1. The summed E-state index contributed by atoms with van der Waals surface area (Å²) in [4.78, 5) is 10.3. The zero-order valence-corrected chi connectivity index (χ0v) is 6.67. The summed E-state index contributed by atoms with van der Waals surface area (Å²) in [5.41, 5.74) is 0. The fraction of sp³-hybridized carbons (Fsp3) is 0.500. The number of carbonyl (C=O) groups is 1. The topological polar surface area (TPSA) is 17.1 Å². The molecule has 0 spiro atoms. The maximum absolute atomic E-state index is 10.3. The van der Waals surface area contributed by atoms with Crippen LogP contribution in [0.15, 0.2) is 11.1 Å². The first-order valence-corrected chi connectivity index (χ1v) is 3.50. The summed E-state index contributed by atoms with van der Waals surface area (Å²) in [6.45, 7) is 1.45. The van der Waals surface area contributed by atoms with E-state index in [1.165, 1.54) is 13.0 Å². The van der Waals surface area contributed by atoms with E-state index in [0.29, 0.717) is 17.3 Å². The quantitative estimate of drug-likeness (QED) is 0.465. The van der Waals surface area contributed by atoms with Crippen LogP contribution in [0.2, 0.25) is 0 Å². The summed E-state index contributed by atoms with van der Waals surface area (Å²) in [5.74, 6) is 0.424. The number of hydrogen-bond donors (Lipinski definition) is 0. The highest BCUT2D eigenvalue weighted by Crippen LogP contribution is 2.07. The summed E-state index contributed by atoms with van der Waals surface area (Å²) in [5, 5.41) is 0.525. The normalized spacial score (nSPS) is 11.7. The Balaban J connectivity index is 3.69. The van der Waals surface area contributed by atoms with Crippen molar-refractivity contribution in [1.29, 1.82) is 0 Å². The summed E-state index contributed by atoms with van der Waals surface area (Å²) in [6.07, 6.45) is 1.95. The van der Waals surface area contributed by atoms with E-state index in [2.05, 4.69) is 0 Å². The molecule has 0 saturated heterocycles. The van der Waals surface area contributed by atoms with E-state index in [1.807, 2.05) is 0 Å². The van der Waals surface area contributed by atoms with Gasteiger partial charge in [0, 0.05) is 10.9 Å². The first kappa shape index (κ1) is 8.99. The third kappa shape index (κ3) is 5.87. The van der Waals surface area contributed by atoms with Gasteiger partial charge in [-0.05, 0) is 19.4 Å². The number of carbonyl (C=O) groups excluding carboxylic acids is 1. The van der Waals surface area contributed by atoms with Crippen molar-refractivity contribution in [1.82, 2.24) is 0 Å². The molecule has 0 aliphatic heterocycles. The molecule has 0 heterocycles. The molecule has 9 heavy (non-hydrogen) atoms. The van der Waals surface area contributed by atoms with Gasteiger partial charge in [-0.25, -0.2) is 0 Å². The van der Waals surface area contributed by atoms with Crippen molar-refractivity contribution in [3.8, 4) is 0 Å². The van der Waals surface area contributed by atoms with Crippen molar-refractivity contribution >= 4 is 29.0 Å². The van der Waals surface area contributed by atoms with Crippen LogP contribution in [0.4, 0.5) is 0 Å². The van der Waals surface area contributed by atoms with Crippen molar-refractivity contribution in [2.75, 3.05) is 5.88 Å². The van der Waals surface area contributed by atoms with Crippen molar-refractivity contribution in [2.45, 2.75) is 13.3 Å². The number of halogens is 2. The van der Waals surface area contributed by atoms with Gasteiger partial charge in [-0.2, -0.15) is 0 Å². The standard InChI is InChI=1S/C6H8Cl2O/c1-5(9)4-6(8)2-3-7/h4H,2-3H2,1H3. The monoisotopic (exact) mass is 166 g/mol. The smallest absolute Gasteiger partial charge is 0.153 e. The molecule has 0 atom stereocenters. The molecule has 0 saturated carbocycles. The number of rotatable bonds is 3. The summed E-state index contributed by atoms with van der Waals surface area (Å²) in [7, 11) is 0. The van der Waals surface area contributed by atoms with E-state index >= 15 is 0 Å². The minimum absolute atomic E-state index is 0.0369. The highest BCUT2D eigenvalue weighted by molar-refractivity contribution is 6.31. The van der Waals surface area contributed by atoms with Gasteiger partial charge in [0.15, 0.2) is 5.78 Å². The predicted octanol–water partition coefficient (Wildman–Crippen LogP) is 2.33. The maximum atomic E-state index is 10.3. The lowest BCUT2D eigenvalue weighted by molar-refractivity contribution is -0.112. The minimum Gasteiger partial charge on any atom is -0.295 e. The lowest BCUT2D eigenvalue weighted by Crippen LogP contribution is -1.84. The number of ketones is 1. The zero-order valence-electron chi connectivity index (χ0n) is 5.16. The largest absolute Gasteiger partial charge is 0.295 e. The van der Waals surface area contributed by atoms with Gasteiger partial charge in [0.05, 0.1) is 0 Å². The Kier molecular flexibility index (Phi) is 4.83. The molecule has 0 aliphatic rings. The van der Waals surface area contributed by atoms with Crippen molar-refractivity contribution in [3.63, 3.8) is 0 Å². The van der Waals surface area contributed by atoms with Crippen molar-refractivity contribution in [3.05, 3.63) is 11.1 Å². The molecule has 52 valence electrons. The molecular formula is C6H8Cl2O. The van der Waals surface area contributed by atoms with Crippen LogP contribution in [0.5, 0.6) is 0 Å². The molecule has 1 nitrogen and oxygen atoms in total. The average molecular weight is 167 g/mol. The van der Waals surface area contributed by atoms with Crippen LogP contribution in [0.25, 0.3) is 0 Å². The Hall–Kier alpha value is -0.0100. The van der Waals surface area contributed by atoms with E-state index < -0.39 is 0 Å². The zero-order chi connectivity index (χ0) is 7.28. The SMILES string of the molecule is CC(=O)C=C(Cl)CCCl. The highest BCUT2D eigenvalue weighted by Gasteiger charge is 1.91. The Morgan fingerprint density at radius 3 is 2.56 bits per heavy atom. The second kappa shape index (κ2) is 4.83. The van der Waals surface area contributed by atoms with Gasteiger partial charge in [-0.3, -0.25) is 4.79 Å². The second-order valence-corrected chi connectivity index (χ2v) is 2.50. The molecule has 0 rings (SSSR count). The molecule has 0 N–H and O–H groups in total. The fourth-order valence-electron chi connectivity index (χ4n) is 0.383. The molecule has 0 bridgehead atoms. The molecule has 0 aliphatic carbocycles. The van der Waals surface area contributed by atoms with Crippen molar-refractivity contribution < 1.29 is 4.79 Å². The Bertz CT molecular complexity index is 129. The second-order valence-electron chi connectivity index (χ2n) is 1.64. The van der Waals surface area contributed by atoms with Crippen LogP contribution in [0.1, 0.15) is 13.3 Å². The van der Waals surface area contributed by atoms with Gasteiger partial charge in [0.25, 0.3) is 0 Å². The molecule has 0 amide bonds. The molecule has 0 unspecified atom stereocenters. The summed E-state index contributed by atoms with van der Waals surface area (Å²) < 4.78 is 0. The molecule has 0 fully saturated rings. The van der Waals surface area contributed by atoms with E-state index in [-0.39, 0.29) is 5.78 Å². The third-order valence-electron chi connectivity index (χ3n) is 0.693. The van der Waals surface area contributed by atoms with E-state index in [4.69, 9.17) is 23.2 Å². The van der Waals surface area contributed by atoms with Gasteiger partial charge in [-0.1, -0.05) is 11.6 Å². The lowest BCUT2D eigenvalue weighted by Gasteiger charge is -1.89. The molecular weight excluding hydrogens is 159 g/mol. The lowest BCUT2D eigenvalue weighted by atomic mass is 10.3. The molecule has 0 aromatic rings. The maximum Gasteiger partial charge on any atom is 0.153 e. The van der Waals surface area contributed by atoms with Gasteiger partial charge in [0.1, 0.15) is 0 Å². The number of hydrogen-bond acceptors (Lipinski definition) is 1. The summed E-state index contributed by atoms with van der Waals surface area (Å²) >= 11 is 10.9. The highest BCUT2D eigenvalue weighted by atomic mass is 35.5. The van der Waals surface area contributed by atoms with Crippen molar-refractivity contribution in [2.24, 2.45) is 0 Å². The van der Waals surface area contributed by atoms with E-state index in [1.54, 1.807) is 0 Å². The van der Waals surface area contributed by atoms with E-state index in [9.17, 15) is 4.79 Å². The number of allylic oxidation sites excluding steroid dienone is 2.